The van der Waals surface area contributed by atoms with Crippen LogP contribution in [0.2, 0.25) is 0 Å². The number of esters is 1. The highest BCUT2D eigenvalue weighted by molar-refractivity contribution is 5.89. The Kier molecular flexibility index (Phi) is 5.81. The van der Waals surface area contributed by atoms with Crippen LogP contribution in [-0.4, -0.2) is 43.1 Å². The molecule has 0 spiro atoms. The van der Waals surface area contributed by atoms with Crippen molar-refractivity contribution in [3.05, 3.63) is 29.8 Å². The Morgan fingerprint density at radius 2 is 2.00 bits per heavy atom. The van der Waals surface area contributed by atoms with E-state index in [0.717, 1.165) is 25.9 Å². The lowest BCUT2D eigenvalue weighted by Crippen LogP contribution is -2.40. The molecule has 0 N–H and O–H groups in total. The molecule has 0 saturated carbocycles. The Morgan fingerprint density at radius 1 is 1.27 bits per heavy atom. The van der Waals surface area contributed by atoms with Crippen molar-refractivity contribution in [3.8, 4) is 5.75 Å². The third-order valence-electron chi connectivity index (χ3n) is 3.84. The summed E-state index contributed by atoms with van der Waals surface area (Å²) in [6, 6.07) is 6.71. The van der Waals surface area contributed by atoms with Crippen LogP contribution in [0, 0.1) is 5.92 Å². The lowest BCUT2D eigenvalue weighted by Gasteiger charge is -2.30. The van der Waals surface area contributed by atoms with Gasteiger partial charge in [0.05, 0.1) is 12.2 Å². The molecule has 120 valence electrons. The SMILES string of the molecule is CCOC(=O)c1cccc(OCC(=O)N2CCC(C)CC2)c1. The highest BCUT2D eigenvalue weighted by Crippen LogP contribution is 2.17. The summed E-state index contributed by atoms with van der Waals surface area (Å²) in [5, 5.41) is 0. The van der Waals surface area contributed by atoms with Crippen molar-refractivity contribution >= 4 is 11.9 Å². The molecular weight excluding hydrogens is 282 g/mol. The number of nitrogens with zero attached hydrogens (tertiary/aromatic N) is 1. The van der Waals surface area contributed by atoms with Gasteiger partial charge < -0.3 is 14.4 Å². The minimum Gasteiger partial charge on any atom is -0.484 e. The lowest BCUT2D eigenvalue weighted by molar-refractivity contribution is -0.134. The first-order valence-electron chi connectivity index (χ1n) is 7.78. The van der Waals surface area contributed by atoms with Gasteiger partial charge in [0.1, 0.15) is 5.75 Å². The molecule has 0 bridgehead atoms. The minimum atomic E-state index is -0.385. The topological polar surface area (TPSA) is 55.8 Å². The molecular formula is C17H23NO4. The number of ether oxygens (including phenoxy) is 2. The maximum atomic E-state index is 12.1. The van der Waals surface area contributed by atoms with Crippen molar-refractivity contribution in [2.45, 2.75) is 26.7 Å². The maximum Gasteiger partial charge on any atom is 0.338 e. The minimum absolute atomic E-state index is 0.000654. The van der Waals surface area contributed by atoms with Gasteiger partial charge in [-0.1, -0.05) is 13.0 Å². The molecule has 0 unspecified atom stereocenters. The maximum absolute atomic E-state index is 12.1. The fourth-order valence-corrected chi connectivity index (χ4v) is 2.42. The van der Waals surface area contributed by atoms with Crippen LogP contribution in [0.1, 0.15) is 37.0 Å². The number of amides is 1. The van der Waals surface area contributed by atoms with Crippen molar-refractivity contribution < 1.29 is 19.1 Å². The number of benzene rings is 1. The second-order valence-electron chi connectivity index (χ2n) is 5.60. The van der Waals surface area contributed by atoms with Gasteiger partial charge in [-0.25, -0.2) is 4.79 Å². The van der Waals surface area contributed by atoms with Gasteiger partial charge in [0.25, 0.3) is 5.91 Å². The van der Waals surface area contributed by atoms with Gasteiger partial charge in [-0.05, 0) is 43.9 Å². The number of carbonyl (C=O) groups excluding carboxylic acids is 2. The quantitative estimate of drug-likeness (QED) is 0.784. The number of hydrogen-bond acceptors (Lipinski definition) is 4. The Morgan fingerprint density at radius 3 is 2.68 bits per heavy atom. The van der Waals surface area contributed by atoms with Gasteiger partial charge in [-0.2, -0.15) is 0 Å². The van der Waals surface area contributed by atoms with Gasteiger partial charge in [0.2, 0.25) is 0 Å². The number of carbonyl (C=O) groups is 2. The van der Waals surface area contributed by atoms with Gasteiger partial charge >= 0.3 is 5.97 Å². The molecule has 0 aromatic heterocycles. The molecule has 2 rings (SSSR count). The monoisotopic (exact) mass is 305 g/mol. The number of piperidine rings is 1. The van der Waals surface area contributed by atoms with E-state index in [9.17, 15) is 9.59 Å². The van der Waals surface area contributed by atoms with Crippen molar-refractivity contribution in [2.75, 3.05) is 26.3 Å². The summed E-state index contributed by atoms with van der Waals surface area (Å²) in [6.07, 6.45) is 2.09. The van der Waals surface area contributed by atoms with E-state index >= 15 is 0 Å². The van der Waals surface area contributed by atoms with Gasteiger partial charge in [0, 0.05) is 13.1 Å². The van der Waals surface area contributed by atoms with E-state index in [1.165, 1.54) is 0 Å². The third kappa shape index (κ3) is 4.48. The fraction of sp³-hybridized carbons (Fsp3) is 0.529. The molecule has 1 heterocycles. The smallest absolute Gasteiger partial charge is 0.338 e. The van der Waals surface area contributed by atoms with Crippen molar-refractivity contribution in [1.29, 1.82) is 0 Å². The van der Waals surface area contributed by atoms with E-state index in [-0.39, 0.29) is 18.5 Å². The van der Waals surface area contributed by atoms with Crippen LogP contribution in [0.3, 0.4) is 0 Å². The summed E-state index contributed by atoms with van der Waals surface area (Å²) in [5.74, 6) is 0.799. The predicted molar refractivity (Wildman–Crippen MR) is 82.9 cm³/mol. The molecule has 5 nitrogen and oxygen atoms in total. The van der Waals surface area contributed by atoms with Crippen LogP contribution in [-0.2, 0) is 9.53 Å². The zero-order valence-electron chi connectivity index (χ0n) is 13.2. The Balaban J connectivity index is 1.87. The molecule has 1 saturated heterocycles. The molecule has 0 atom stereocenters. The second kappa shape index (κ2) is 7.82. The largest absolute Gasteiger partial charge is 0.484 e. The zero-order chi connectivity index (χ0) is 15.9. The van der Waals surface area contributed by atoms with E-state index in [1.807, 2.05) is 4.90 Å². The van der Waals surface area contributed by atoms with Crippen LogP contribution >= 0.6 is 0 Å². The summed E-state index contributed by atoms with van der Waals surface area (Å²) in [6.45, 7) is 5.89. The van der Waals surface area contributed by atoms with Gasteiger partial charge in [-0.3, -0.25) is 4.79 Å². The summed E-state index contributed by atoms with van der Waals surface area (Å²) >= 11 is 0. The average molecular weight is 305 g/mol. The molecule has 0 aliphatic carbocycles. The molecule has 1 amide bonds. The molecule has 22 heavy (non-hydrogen) atoms. The standard InChI is InChI=1S/C17H23NO4/c1-3-21-17(20)14-5-4-6-15(11-14)22-12-16(19)18-9-7-13(2)8-10-18/h4-6,11,13H,3,7-10,12H2,1-2H3. The molecule has 5 heteroatoms. The zero-order valence-corrected chi connectivity index (χ0v) is 13.2. The van der Waals surface area contributed by atoms with Crippen molar-refractivity contribution in [3.63, 3.8) is 0 Å². The third-order valence-corrected chi connectivity index (χ3v) is 3.84. The molecule has 1 aromatic carbocycles. The Bertz CT molecular complexity index is 521. The first-order valence-corrected chi connectivity index (χ1v) is 7.78. The van der Waals surface area contributed by atoms with Crippen molar-refractivity contribution in [1.82, 2.24) is 4.90 Å². The van der Waals surface area contributed by atoms with Gasteiger partial charge in [0.15, 0.2) is 6.61 Å². The molecule has 1 aliphatic heterocycles. The lowest BCUT2D eigenvalue weighted by atomic mass is 9.99. The molecule has 1 aliphatic rings. The summed E-state index contributed by atoms with van der Waals surface area (Å²) < 4.78 is 10.5. The summed E-state index contributed by atoms with van der Waals surface area (Å²) in [7, 11) is 0. The number of hydrogen-bond donors (Lipinski definition) is 0. The summed E-state index contributed by atoms with van der Waals surface area (Å²) in [4.78, 5) is 25.6. The second-order valence-corrected chi connectivity index (χ2v) is 5.60. The van der Waals surface area contributed by atoms with Crippen LogP contribution in [0.15, 0.2) is 24.3 Å². The molecule has 1 fully saturated rings. The Labute approximate surface area is 131 Å². The van der Waals surface area contributed by atoms with E-state index in [1.54, 1.807) is 31.2 Å². The van der Waals surface area contributed by atoms with E-state index in [4.69, 9.17) is 9.47 Å². The van der Waals surface area contributed by atoms with Crippen molar-refractivity contribution in [2.24, 2.45) is 5.92 Å². The van der Waals surface area contributed by atoms with Crippen LogP contribution in [0.5, 0.6) is 5.75 Å². The number of likely N-dealkylation sites (tertiary alicyclic amines) is 1. The normalized spacial score (nSPS) is 15.5. The first kappa shape index (κ1) is 16.3. The van der Waals surface area contributed by atoms with E-state index in [2.05, 4.69) is 6.92 Å². The highest BCUT2D eigenvalue weighted by atomic mass is 16.5. The summed E-state index contributed by atoms with van der Waals surface area (Å²) in [5.41, 5.74) is 0.429. The van der Waals surface area contributed by atoms with Crippen LogP contribution in [0.25, 0.3) is 0 Å². The predicted octanol–water partition coefficient (Wildman–Crippen LogP) is 2.50. The van der Waals surface area contributed by atoms with Crippen LogP contribution < -0.4 is 4.74 Å². The molecule has 0 radical (unpaired) electrons. The molecule has 1 aromatic rings. The van der Waals surface area contributed by atoms with E-state index < -0.39 is 0 Å². The number of rotatable bonds is 5. The van der Waals surface area contributed by atoms with E-state index in [0.29, 0.717) is 23.8 Å². The average Bonchev–Trinajstić information content (AvgIpc) is 2.54. The van der Waals surface area contributed by atoms with Gasteiger partial charge in [-0.15, -0.1) is 0 Å². The fourth-order valence-electron chi connectivity index (χ4n) is 2.42. The first-order chi connectivity index (χ1) is 10.6. The van der Waals surface area contributed by atoms with Crippen LogP contribution in [0.4, 0.5) is 0 Å². The Hall–Kier alpha value is -2.04. The highest BCUT2D eigenvalue weighted by Gasteiger charge is 2.20.